The van der Waals surface area contributed by atoms with Gasteiger partial charge in [-0.2, -0.15) is 5.10 Å². The third-order valence-electron chi connectivity index (χ3n) is 4.64. The highest BCUT2D eigenvalue weighted by Gasteiger charge is 2.37. The van der Waals surface area contributed by atoms with E-state index in [1.165, 1.54) is 19.1 Å². The second-order valence-electron chi connectivity index (χ2n) is 7.12. The largest absolute Gasteiger partial charge is 0.479 e. The van der Waals surface area contributed by atoms with Crippen LogP contribution in [0.1, 0.15) is 48.4 Å². The van der Waals surface area contributed by atoms with E-state index >= 15 is 0 Å². The van der Waals surface area contributed by atoms with Gasteiger partial charge in [-0.05, 0) is 51.5 Å². The third-order valence-corrected chi connectivity index (χ3v) is 4.64. The molecule has 1 atom stereocenters. The minimum atomic E-state index is -1.73. The van der Waals surface area contributed by atoms with Crippen LogP contribution in [-0.2, 0) is 10.3 Å². The Morgan fingerprint density at radius 3 is 2.46 bits per heavy atom. The van der Waals surface area contributed by atoms with Gasteiger partial charge in [0.2, 0.25) is 0 Å². The van der Waals surface area contributed by atoms with Crippen molar-refractivity contribution < 1.29 is 19.1 Å². The number of pyridine rings is 1. The molecule has 0 fully saturated rings. The number of benzene rings is 1. The van der Waals surface area contributed by atoms with Crippen molar-refractivity contribution in [1.82, 2.24) is 20.1 Å². The summed E-state index contributed by atoms with van der Waals surface area (Å²) in [6.45, 7) is 7.02. The van der Waals surface area contributed by atoms with Crippen LogP contribution in [0, 0.1) is 12.7 Å². The molecule has 1 aromatic carbocycles. The lowest BCUT2D eigenvalue weighted by molar-refractivity contribution is -0.144. The van der Waals surface area contributed by atoms with E-state index in [0.29, 0.717) is 16.7 Å². The summed E-state index contributed by atoms with van der Waals surface area (Å²) in [6, 6.07) is 6.64. The Morgan fingerprint density at radius 1 is 1.25 bits per heavy atom. The normalized spacial score (nSPS) is 13.5. The van der Waals surface area contributed by atoms with Gasteiger partial charge >= 0.3 is 5.97 Å². The van der Waals surface area contributed by atoms with Gasteiger partial charge in [-0.3, -0.25) is 4.79 Å². The van der Waals surface area contributed by atoms with Crippen molar-refractivity contribution in [2.75, 3.05) is 0 Å². The second kappa shape index (κ2) is 7.03. The number of rotatable bonds is 5. The van der Waals surface area contributed by atoms with Crippen LogP contribution < -0.4 is 5.32 Å². The first-order valence-corrected chi connectivity index (χ1v) is 8.80. The highest BCUT2D eigenvalue weighted by molar-refractivity contribution is 6.07. The number of aryl methyl sites for hydroxylation is 1. The Hall–Kier alpha value is -3.29. The smallest absolute Gasteiger partial charge is 0.333 e. The number of hydrogen-bond donors (Lipinski definition) is 2. The van der Waals surface area contributed by atoms with Gasteiger partial charge in [0.05, 0.1) is 17.1 Å². The topological polar surface area (TPSA) is 97.1 Å². The molecule has 146 valence electrons. The number of carboxylic acid groups (broad SMARTS) is 1. The molecule has 3 aromatic rings. The number of aliphatic carboxylic acids is 1. The first-order chi connectivity index (χ1) is 13.1. The van der Waals surface area contributed by atoms with Crippen molar-refractivity contribution in [1.29, 1.82) is 0 Å². The van der Waals surface area contributed by atoms with E-state index in [2.05, 4.69) is 15.4 Å². The summed E-state index contributed by atoms with van der Waals surface area (Å²) in [5.41, 5.74) is -0.0288. The fourth-order valence-corrected chi connectivity index (χ4v) is 3.04. The van der Waals surface area contributed by atoms with E-state index in [1.54, 1.807) is 23.9 Å². The van der Waals surface area contributed by atoms with E-state index in [0.717, 1.165) is 12.1 Å². The molecule has 1 unspecified atom stereocenters. The summed E-state index contributed by atoms with van der Waals surface area (Å²) in [5, 5.41) is 17.2. The zero-order valence-electron chi connectivity index (χ0n) is 16.0. The Morgan fingerprint density at radius 2 is 1.89 bits per heavy atom. The number of aromatic nitrogens is 3. The molecule has 0 radical (unpaired) electrons. The van der Waals surface area contributed by atoms with E-state index in [9.17, 15) is 19.1 Å². The predicted molar refractivity (Wildman–Crippen MR) is 102 cm³/mol. The molecule has 0 saturated carbocycles. The van der Waals surface area contributed by atoms with Crippen LogP contribution in [0.3, 0.4) is 0 Å². The summed E-state index contributed by atoms with van der Waals surface area (Å²) in [5.74, 6) is -2.32. The minimum absolute atomic E-state index is 0.0474. The summed E-state index contributed by atoms with van der Waals surface area (Å²) in [6.07, 6.45) is 1.55. The highest BCUT2D eigenvalue weighted by atomic mass is 19.1. The molecule has 0 saturated heterocycles. The van der Waals surface area contributed by atoms with Crippen LogP contribution in [0.5, 0.6) is 0 Å². The van der Waals surface area contributed by atoms with Gasteiger partial charge in [-0.1, -0.05) is 12.1 Å². The number of hydrogen-bond acceptors (Lipinski definition) is 4. The number of fused-ring (bicyclic) bond motifs is 1. The van der Waals surface area contributed by atoms with Gasteiger partial charge < -0.3 is 10.4 Å². The maximum Gasteiger partial charge on any atom is 0.333 e. The molecule has 28 heavy (non-hydrogen) atoms. The number of halogens is 1. The molecule has 0 aliphatic heterocycles. The molecule has 2 aromatic heterocycles. The lowest BCUT2D eigenvalue weighted by Crippen LogP contribution is -2.49. The van der Waals surface area contributed by atoms with Gasteiger partial charge in [0, 0.05) is 11.7 Å². The van der Waals surface area contributed by atoms with Gasteiger partial charge in [0.25, 0.3) is 5.91 Å². The third kappa shape index (κ3) is 3.33. The van der Waals surface area contributed by atoms with Crippen molar-refractivity contribution in [3.8, 4) is 0 Å². The number of nitrogens with one attached hydrogen (secondary N) is 1. The summed E-state index contributed by atoms with van der Waals surface area (Å²) >= 11 is 0. The molecule has 7 nitrogen and oxygen atoms in total. The standard InChI is InChI=1S/C20H21FN4O3/c1-11(2)25-17-16(10-22-25)15(9-12(3)23-17)18(26)24-20(4,19(27)28)13-5-7-14(21)8-6-13/h5-11H,1-4H3,(H,24,26)(H,27,28). The van der Waals surface area contributed by atoms with Crippen LogP contribution in [0.2, 0.25) is 0 Å². The molecular formula is C20H21FN4O3. The van der Waals surface area contributed by atoms with Crippen molar-refractivity contribution in [3.05, 3.63) is 59.2 Å². The molecule has 0 spiro atoms. The van der Waals surface area contributed by atoms with Gasteiger partial charge in [-0.15, -0.1) is 0 Å². The van der Waals surface area contributed by atoms with Crippen LogP contribution in [-0.4, -0.2) is 31.7 Å². The number of carbonyl (C=O) groups excluding carboxylic acids is 1. The van der Waals surface area contributed by atoms with Crippen LogP contribution >= 0.6 is 0 Å². The summed E-state index contributed by atoms with van der Waals surface area (Å²) in [7, 11) is 0. The van der Waals surface area contributed by atoms with Gasteiger partial charge in [-0.25, -0.2) is 18.9 Å². The molecule has 8 heteroatoms. The Balaban J connectivity index is 2.06. The van der Waals surface area contributed by atoms with Crippen molar-refractivity contribution in [3.63, 3.8) is 0 Å². The van der Waals surface area contributed by atoms with Crippen LogP contribution in [0.15, 0.2) is 36.5 Å². The average molecular weight is 384 g/mol. The van der Waals surface area contributed by atoms with Gasteiger partial charge in [0.15, 0.2) is 11.2 Å². The van der Waals surface area contributed by atoms with Crippen molar-refractivity contribution in [2.24, 2.45) is 0 Å². The SMILES string of the molecule is Cc1cc(C(=O)NC(C)(C(=O)O)c2ccc(F)cc2)c2cnn(C(C)C)c2n1. The molecule has 2 N–H and O–H groups in total. The van der Waals surface area contributed by atoms with E-state index in [-0.39, 0.29) is 17.2 Å². The maximum atomic E-state index is 13.2. The zero-order chi connectivity index (χ0) is 20.6. The lowest BCUT2D eigenvalue weighted by Gasteiger charge is -2.27. The molecule has 1 amide bonds. The number of carbonyl (C=O) groups is 2. The first kappa shape index (κ1) is 19.5. The first-order valence-electron chi connectivity index (χ1n) is 8.80. The Kier molecular flexibility index (Phi) is 4.89. The quantitative estimate of drug-likeness (QED) is 0.704. The Bertz CT molecular complexity index is 1060. The highest BCUT2D eigenvalue weighted by Crippen LogP contribution is 2.25. The second-order valence-corrected chi connectivity index (χ2v) is 7.12. The maximum absolute atomic E-state index is 13.2. The minimum Gasteiger partial charge on any atom is -0.479 e. The molecule has 0 aliphatic carbocycles. The Labute approximate surface area is 161 Å². The van der Waals surface area contributed by atoms with E-state index in [1.807, 2.05) is 13.8 Å². The molecular weight excluding hydrogens is 363 g/mol. The molecule has 0 aliphatic rings. The number of amides is 1. The fraction of sp³-hybridized carbons (Fsp3) is 0.300. The van der Waals surface area contributed by atoms with Crippen LogP contribution in [0.25, 0.3) is 11.0 Å². The number of nitrogens with zero attached hydrogens (tertiary/aromatic N) is 3. The zero-order valence-corrected chi connectivity index (χ0v) is 16.0. The van der Waals surface area contributed by atoms with Crippen molar-refractivity contribution >= 4 is 22.9 Å². The summed E-state index contributed by atoms with van der Waals surface area (Å²) < 4.78 is 14.9. The monoisotopic (exact) mass is 384 g/mol. The van der Waals surface area contributed by atoms with Crippen LogP contribution in [0.4, 0.5) is 4.39 Å². The predicted octanol–water partition coefficient (Wildman–Crippen LogP) is 3.19. The van der Waals surface area contributed by atoms with E-state index < -0.39 is 23.2 Å². The van der Waals surface area contributed by atoms with E-state index in [4.69, 9.17) is 0 Å². The molecule has 0 bridgehead atoms. The summed E-state index contributed by atoms with van der Waals surface area (Å²) in [4.78, 5) is 29.5. The average Bonchev–Trinajstić information content (AvgIpc) is 3.05. The molecule has 2 heterocycles. The lowest BCUT2D eigenvalue weighted by atomic mass is 9.91. The van der Waals surface area contributed by atoms with Crippen molar-refractivity contribution in [2.45, 2.75) is 39.3 Å². The van der Waals surface area contributed by atoms with Gasteiger partial charge in [0.1, 0.15) is 5.82 Å². The molecule has 3 rings (SSSR count). The fourth-order valence-electron chi connectivity index (χ4n) is 3.04. The number of carboxylic acids is 1.